The molecule has 0 amide bonds. The van der Waals surface area contributed by atoms with E-state index in [1.54, 1.807) is 0 Å². The monoisotopic (exact) mass is 495 g/mol. The van der Waals surface area contributed by atoms with Gasteiger partial charge in [0.15, 0.2) is 0 Å². The minimum atomic E-state index is 0.947. The van der Waals surface area contributed by atoms with Gasteiger partial charge in [-0.1, -0.05) is 142 Å². The van der Waals surface area contributed by atoms with Gasteiger partial charge >= 0.3 is 0 Å². The molecule has 204 valence electrons. The zero-order chi connectivity index (χ0) is 25.0. The molecule has 0 N–H and O–H groups in total. The van der Waals surface area contributed by atoms with Crippen LogP contribution in [0.25, 0.3) is 0 Å². The predicted molar refractivity (Wildman–Crippen MR) is 162 cm³/mol. The molecule has 1 unspecified atom stereocenters. The largest absolute Gasteiger partial charge is 0.306 e. The molecule has 0 rings (SSSR count). The first-order valence-corrected chi connectivity index (χ1v) is 16.3. The molecule has 0 heterocycles. The quantitative estimate of drug-likeness (QED) is 0.0641. The summed E-state index contributed by atoms with van der Waals surface area (Å²) < 4.78 is 0. The van der Waals surface area contributed by atoms with Gasteiger partial charge < -0.3 is 4.90 Å². The van der Waals surface area contributed by atoms with Crippen molar-refractivity contribution in [3.05, 3.63) is 12.2 Å². The number of allylic oxidation sites excluding steroid dienone is 2. The number of nitrogens with zero attached hydrogens (tertiary/aromatic N) is 1. The van der Waals surface area contributed by atoms with Crippen LogP contribution in [0.3, 0.4) is 0 Å². The third-order valence-corrected chi connectivity index (χ3v) is 7.69. The Labute approximate surface area is 222 Å². The molecule has 0 aliphatic carbocycles. The van der Waals surface area contributed by atoms with E-state index in [9.17, 15) is 0 Å². The molecule has 2 heteroatoms. The van der Waals surface area contributed by atoms with E-state index in [1.807, 2.05) is 0 Å². The topological polar surface area (TPSA) is 3.24 Å². The zero-order valence-corrected chi connectivity index (χ0v) is 24.9. The van der Waals surface area contributed by atoms with Crippen LogP contribution in [0.2, 0.25) is 0 Å². The lowest BCUT2D eigenvalue weighted by atomic mass is 9.91. The average molecular weight is 496 g/mol. The maximum atomic E-state index is 4.40. The van der Waals surface area contributed by atoms with E-state index in [2.05, 4.69) is 50.6 Å². The van der Waals surface area contributed by atoms with Crippen molar-refractivity contribution < 1.29 is 0 Å². The zero-order valence-electron chi connectivity index (χ0n) is 24.0. The molecule has 0 saturated carbocycles. The van der Waals surface area contributed by atoms with Crippen LogP contribution in [0.4, 0.5) is 0 Å². The number of thiol groups is 1. The van der Waals surface area contributed by atoms with Gasteiger partial charge in [0.25, 0.3) is 0 Å². The minimum absolute atomic E-state index is 0.947. The summed E-state index contributed by atoms with van der Waals surface area (Å²) in [6.45, 7) is 6.99. The Morgan fingerprint density at radius 1 is 0.529 bits per heavy atom. The first-order valence-electron chi connectivity index (χ1n) is 15.7. The van der Waals surface area contributed by atoms with Crippen molar-refractivity contribution in [2.24, 2.45) is 5.92 Å². The SMILES string of the molecule is CCCCCCCC/C=C\CCCCCCCC(CCCCCCCCC)CCN(C)CCS. The molecule has 0 radical (unpaired) electrons. The number of unbranched alkanes of at least 4 members (excludes halogenated alkanes) is 17. The van der Waals surface area contributed by atoms with Crippen molar-refractivity contribution in [2.75, 3.05) is 25.9 Å². The lowest BCUT2D eigenvalue weighted by molar-refractivity contribution is 0.291. The van der Waals surface area contributed by atoms with Crippen LogP contribution in [0, 0.1) is 5.92 Å². The van der Waals surface area contributed by atoms with E-state index in [4.69, 9.17) is 0 Å². The van der Waals surface area contributed by atoms with Crippen LogP contribution < -0.4 is 0 Å². The summed E-state index contributed by atoms with van der Waals surface area (Å²) in [6.07, 6.45) is 37.5. The summed E-state index contributed by atoms with van der Waals surface area (Å²) in [5.41, 5.74) is 0. The van der Waals surface area contributed by atoms with Crippen LogP contribution in [0.1, 0.15) is 162 Å². The molecule has 34 heavy (non-hydrogen) atoms. The average Bonchev–Trinajstić information content (AvgIpc) is 2.84. The van der Waals surface area contributed by atoms with Crippen molar-refractivity contribution in [3.8, 4) is 0 Å². The highest BCUT2D eigenvalue weighted by Gasteiger charge is 2.10. The highest BCUT2D eigenvalue weighted by atomic mass is 32.1. The molecule has 0 aromatic heterocycles. The molecular formula is C32H65NS. The van der Waals surface area contributed by atoms with Crippen LogP contribution in [-0.2, 0) is 0 Å². The Bertz CT molecular complexity index is 394. The Morgan fingerprint density at radius 2 is 0.941 bits per heavy atom. The summed E-state index contributed by atoms with van der Waals surface area (Å²) in [7, 11) is 2.27. The van der Waals surface area contributed by atoms with E-state index >= 15 is 0 Å². The first kappa shape index (κ1) is 34.0. The molecule has 0 aliphatic heterocycles. The van der Waals surface area contributed by atoms with Crippen LogP contribution >= 0.6 is 12.6 Å². The van der Waals surface area contributed by atoms with Crippen LogP contribution in [0.5, 0.6) is 0 Å². The van der Waals surface area contributed by atoms with Gasteiger partial charge in [-0.15, -0.1) is 0 Å². The van der Waals surface area contributed by atoms with Gasteiger partial charge in [0.05, 0.1) is 0 Å². The van der Waals surface area contributed by atoms with E-state index in [0.29, 0.717) is 0 Å². The predicted octanol–water partition coefficient (Wildman–Crippen LogP) is 11.0. The van der Waals surface area contributed by atoms with Crippen LogP contribution in [-0.4, -0.2) is 30.8 Å². The van der Waals surface area contributed by atoms with Gasteiger partial charge in [-0.2, -0.15) is 12.6 Å². The standard InChI is InChI=1S/C32H65NS/c1-4-6-8-10-12-13-14-15-16-17-18-19-21-23-25-27-32(28-29-33(3)30-31-34)26-24-22-20-11-9-7-5-2/h15-16,32,34H,4-14,17-31H2,1-3H3/b16-15-. The lowest BCUT2D eigenvalue weighted by Crippen LogP contribution is -2.23. The molecular weight excluding hydrogens is 430 g/mol. The molecule has 1 nitrogen and oxygen atoms in total. The van der Waals surface area contributed by atoms with Crippen molar-refractivity contribution >= 4 is 12.6 Å². The fourth-order valence-corrected chi connectivity index (χ4v) is 5.35. The Hall–Kier alpha value is 0.0500. The fraction of sp³-hybridized carbons (Fsp3) is 0.938. The molecule has 0 spiro atoms. The summed E-state index contributed by atoms with van der Waals surface area (Å²) in [5, 5.41) is 0. The summed E-state index contributed by atoms with van der Waals surface area (Å²) in [6, 6.07) is 0. The molecule has 0 saturated heterocycles. The Morgan fingerprint density at radius 3 is 1.38 bits per heavy atom. The molecule has 0 aliphatic rings. The van der Waals surface area contributed by atoms with E-state index in [0.717, 1.165) is 18.2 Å². The molecule has 1 atom stereocenters. The molecule has 0 aromatic rings. The van der Waals surface area contributed by atoms with Gasteiger partial charge in [0, 0.05) is 12.3 Å². The summed E-state index contributed by atoms with van der Waals surface area (Å²) in [5.74, 6) is 1.93. The third kappa shape index (κ3) is 26.7. The van der Waals surface area contributed by atoms with E-state index in [-0.39, 0.29) is 0 Å². The van der Waals surface area contributed by atoms with Crippen LogP contribution in [0.15, 0.2) is 12.2 Å². The maximum Gasteiger partial charge on any atom is 0.00668 e. The van der Waals surface area contributed by atoms with Crippen molar-refractivity contribution in [1.29, 1.82) is 0 Å². The van der Waals surface area contributed by atoms with E-state index in [1.165, 1.54) is 154 Å². The second-order valence-electron chi connectivity index (χ2n) is 11.0. The summed E-state index contributed by atoms with van der Waals surface area (Å²) >= 11 is 4.40. The second-order valence-corrected chi connectivity index (χ2v) is 11.4. The van der Waals surface area contributed by atoms with E-state index < -0.39 is 0 Å². The summed E-state index contributed by atoms with van der Waals surface area (Å²) in [4.78, 5) is 2.48. The first-order chi connectivity index (χ1) is 16.7. The van der Waals surface area contributed by atoms with Crippen molar-refractivity contribution in [1.82, 2.24) is 4.90 Å². The molecule has 0 bridgehead atoms. The highest BCUT2D eigenvalue weighted by Crippen LogP contribution is 2.22. The number of rotatable bonds is 28. The van der Waals surface area contributed by atoms with Gasteiger partial charge in [0.1, 0.15) is 0 Å². The number of hydrogen-bond acceptors (Lipinski definition) is 2. The van der Waals surface area contributed by atoms with Crippen molar-refractivity contribution in [2.45, 2.75) is 162 Å². The van der Waals surface area contributed by atoms with Gasteiger partial charge in [-0.25, -0.2) is 0 Å². The Kier molecular flexibility index (Phi) is 29.3. The fourth-order valence-electron chi connectivity index (χ4n) is 5.01. The minimum Gasteiger partial charge on any atom is -0.306 e. The second kappa shape index (κ2) is 29.3. The maximum absolute atomic E-state index is 4.40. The molecule has 0 fully saturated rings. The third-order valence-electron chi connectivity index (χ3n) is 7.49. The van der Waals surface area contributed by atoms with Gasteiger partial charge in [0.2, 0.25) is 0 Å². The van der Waals surface area contributed by atoms with Gasteiger partial charge in [-0.05, 0) is 51.6 Å². The number of hydrogen-bond donors (Lipinski definition) is 1. The smallest absolute Gasteiger partial charge is 0.00668 e. The highest BCUT2D eigenvalue weighted by molar-refractivity contribution is 7.80. The normalized spacial score (nSPS) is 12.9. The van der Waals surface area contributed by atoms with Crippen molar-refractivity contribution in [3.63, 3.8) is 0 Å². The lowest BCUT2D eigenvalue weighted by Gasteiger charge is -2.21. The molecule has 0 aromatic carbocycles. The van der Waals surface area contributed by atoms with Gasteiger partial charge in [-0.3, -0.25) is 0 Å². The Balaban J connectivity index is 3.77.